The van der Waals surface area contributed by atoms with Crippen LogP contribution in [0.15, 0.2) is 0 Å². The highest BCUT2D eigenvalue weighted by Crippen LogP contribution is 2.38. The van der Waals surface area contributed by atoms with Gasteiger partial charge in [0, 0.05) is 18.6 Å². The molecule has 1 saturated carbocycles. The van der Waals surface area contributed by atoms with Crippen LogP contribution in [0.2, 0.25) is 0 Å². The van der Waals surface area contributed by atoms with Crippen molar-refractivity contribution in [1.29, 1.82) is 0 Å². The van der Waals surface area contributed by atoms with E-state index in [1.54, 1.807) is 4.31 Å². The van der Waals surface area contributed by atoms with Crippen LogP contribution in [0.25, 0.3) is 0 Å². The molecule has 2 unspecified atom stereocenters. The Bertz CT molecular complexity index is 409. The van der Waals surface area contributed by atoms with E-state index in [4.69, 9.17) is 5.73 Å². The first-order chi connectivity index (χ1) is 9.77. The number of sulfonamides is 1. The van der Waals surface area contributed by atoms with Crippen molar-refractivity contribution >= 4 is 10.0 Å². The quantitative estimate of drug-likeness (QED) is 0.748. The monoisotopic (exact) mass is 318 g/mol. The molecule has 0 spiro atoms. The van der Waals surface area contributed by atoms with Gasteiger partial charge in [-0.3, -0.25) is 0 Å². The van der Waals surface area contributed by atoms with Crippen LogP contribution in [0, 0.1) is 11.8 Å². The van der Waals surface area contributed by atoms with E-state index >= 15 is 0 Å². The van der Waals surface area contributed by atoms with Gasteiger partial charge in [-0.05, 0) is 37.5 Å². The lowest BCUT2D eigenvalue weighted by atomic mass is 9.76. The maximum Gasteiger partial charge on any atom is 0.214 e. The standard InChI is InChI=1S/C16H34N2O2S/c1-5-10-18(21(19,20)11-8-14(2)3)16(13-17)9-6-7-15(4)12-16/h14-15H,5-13,17H2,1-4H3. The molecule has 2 N–H and O–H groups in total. The molecule has 0 radical (unpaired) electrons. The Morgan fingerprint density at radius 2 is 2.05 bits per heavy atom. The van der Waals surface area contributed by atoms with Gasteiger partial charge >= 0.3 is 0 Å². The lowest BCUT2D eigenvalue weighted by Crippen LogP contribution is -2.59. The van der Waals surface area contributed by atoms with Crippen molar-refractivity contribution in [3.8, 4) is 0 Å². The molecule has 1 aliphatic carbocycles. The fourth-order valence-electron chi connectivity index (χ4n) is 3.52. The minimum absolute atomic E-state index is 0.251. The largest absolute Gasteiger partial charge is 0.329 e. The molecule has 2 atom stereocenters. The molecule has 0 saturated heterocycles. The third kappa shape index (κ3) is 4.93. The second-order valence-corrected chi connectivity index (χ2v) is 9.21. The van der Waals surface area contributed by atoms with E-state index in [9.17, 15) is 8.42 Å². The summed E-state index contributed by atoms with van der Waals surface area (Å²) in [6.07, 6.45) is 5.65. The molecule has 0 heterocycles. The Labute approximate surface area is 131 Å². The lowest BCUT2D eigenvalue weighted by Gasteiger charge is -2.46. The summed E-state index contributed by atoms with van der Waals surface area (Å²) in [5.74, 6) is 1.21. The Morgan fingerprint density at radius 3 is 2.52 bits per heavy atom. The zero-order chi connectivity index (χ0) is 16.1. The summed E-state index contributed by atoms with van der Waals surface area (Å²) in [6, 6.07) is 0. The fourth-order valence-corrected chi connectivity index (χ4v) is 5.80. The molecule has 0 aromatic rings. The van der Waals surface area contributed by atoms with Crippen LogP contribution in [0.3, 0.4) is 0 Å². The van der Waals surface area contributed by atoms with Crippen LogP contribution >= 0.6 is 0 Å². The zero-order valence-corrected chi connectivity index (χ0v) is 15.1. The van der Waals surface area contributed by atoms with Gasteiger partial charge in [0.05, 0.1) is 5.75 Å². The molecule has 1 fully saturated rings. The van der Waals surface area contributed by atoms with Crippen LogP contribution in [-0.2, 0) is 10.0 Å². The van der Waals surface area contributed by atoms with Crippen molar-refractivity contribution in [3.63, 3.8) is 0 Å². The summed E-state index contributed by atoms with van der Waals surface area (Å²) in [6.45, 7) is 9.45. The summed E-state index contributed by atoms with van der Waals surface area (Å²) >= 11 is 0. The number of nitrogens with two attached hydrogens (primary N) is 1. The van der Waals surface area contributed by atoms with Crippen LogP contribution < -0.4 is 5.73 Å². The summed E-state index contributed by atoms with van der Waals surface area (Å²) < 4.78 is 27.5. The topological polar surface area (TPSA) is 63.4 Å². The highest BCUT2D eigenvalue weighted by molar-refractivity contribution is 7.89. The summed E-state index contributed by atoms with van der Waals surface area (Å²) in [5, 5.41) is 0. The van der Waals surface area contributed by atoms with Crippen molar-refractivity contribution in [2.24, 2.45) is 17.6 Å². The van der Waals surface area contributed by atoms with Gasteiger partial charge in [0.15, 0.2) is 0 Å². The fraction of sp³-hybridized carbons (Fsp3) is 1.00. The number of rotatable bonds is 8. The van der Waals surface area contributed by atoms with E-state index in [0.29, 0.717) is 24.9 Å². The van der Waals surface area contributed by atoms with Crippen molar-refractivity contribution < 1.29 is 8.42 Å². The van der Waals surface area contributed by atoms with Gasteiger partial charge in [0.25, 0.3) is 0 Å². The second-order valence-electron chi connectivity index (χ2n) is 7.20. The Morgan fingerprint density at radius 1 is 1.38 bits per heavy atom. The minimum atomic E-state index is -3.22. The van der Waals surface area contributed by atoms with Crippen LogP contribution in [0.5, 0.6) is 0 Å². The molecule has 21 heavy (non-hydrogen) atoms. The predicted octanol–water partition coefficient (Wildman–Crippen LogP) is 2.98. The summed E-state index contributed by atoms with van der Waals surface area (Å²) in [4.78, 5) is 0. The average Bonchev–Trinajstić information content (AvgIpc) is 2.42. The van der Waals surface area contributed by atoms with Crippen LogP contribution in [0.1, 0.15) is 66.2 Å². The first kappa shape index (κ1) is 18.9. The van der Waals surface area contributed by atoms with Gasteiger partial charge in [0.2, 0.25) is 10.0 Å². The summed E-state index contributed by atoms with van der Waals surface area (Å²) in [7, 11) is -3.22. The van der Waals surface area contributed by atoms with E-state index in [0.717, 1.165) is 32.1 Å². The van der Waals surface area contributed by atoms with Gasteiger partial charge in [-0.2, -0.15) is 4.31 Å². The molecule has 0 amide bonds. The maximum absolute atomic E-state index is 12.9. The number of hydrogen-bond acceptors (Lipinski definition) is 3. The van der Waals surface area contributed by atoms with Crippen molar-refractivity contribution in [3.05, 3.63) is 0 Å². The molecule has 1 aliphatic rings. The molecule has 5 heteroatoms. The van der Waals surface area contributed by atoms with Crippen molar-refractivity contribution in [1.82, 2.24) is 4.31 Å². The molecule has 1 rings (SSSR count). The molecular formula is C16H34N2O2S. The van der Waals surface area contributed by atoms with Crippen LogP contribution in [0.4, 0.5) is 0 Å². The molecular weight excluding hydrogens is 284 g/mol. The van der Waals surface area contributed by atoms with E-state index in [1.165, 1.54) is 6.42 Å². The first-order valence-electron chi connectivity index (χ1n) is 8.48. The second kappa shape index (κ2) is 7.93. The van der Waals surface area contributed by atoms with Gasteiger partial charge in [-0.15, -0.1) is 0 Å². The number of hydrogen-bond donors (Lipinski definition) is 1. The van der Waals surface area contributed by atoms with Gasteiger partial charge in [0.1, 0.15) is 0 Å². The number of nitrogens with zero attached hydrogens (tertiary/aromatic N) is 1. The third-order valence-electron chi connectivity index (χ3n) is 4.69. The lowest BCUT2D eigenvalue weighted by molar-refractivity contribution is 0.108. The molecule has 126 valence electrons. The van der Waals surface area contributed by atoms with Crippen LogP contribution in [-0.4, -0.2) is 37.1 Å². The minimum Gasteiger partial charge on any atom is -0.329 e. The first-order valence-corrected chi connectivity index (χ1v) is 10.1. The highest BCUT2D eigenvalue weighted by atomic mass is 32.2. The van der Waals surface area contributed by atoms with E-state index in [2.05, 4.69) is 20.8 Å². The van der Waals surface area contributed by atoms with E-state index in [-0.39, 0.29) is 11.3 Å². The molecule has 4 nitrogen and oxygen atoms in total. The van der Waals surface area contributed by atoms with E-state index < -0.39 is 10.0 Å². The Balaban J connectivity index is 3.02. The predicted molar refractivity (Wildman–Crippen MR) is 89.7 cm³/mol. The molecule has 0 aromatic carbocycles. The zero-order valence-electron chi connectivity index (χ0n) is 14.3. The van der Waals surface area contributed by atoms with E-state index in [1.807, 2.05) is 6.92 Å². The van der Waals surface area contributed by atoms with Gasteiger partial charge < -0.3 is 5.73 Å². The van der Waals surface area contributed by atoms with Crippen molar-refractivity contribution in [2.75, 3.05) is 18.8 Å². The molecule has 0 bridgehead atoms. The van der Waals surface area contributed by atoms with Gasteiger partial charge in [-0.25, -0.2) is 8.42 Å². The maximum atomic E-state index is 12.9. The summed E-state index contributed by atoms with van der Waals surface area (Å²) in [5.41, 5.74) is 5.73. The van der Waals surface area contributed by atoms with Crippen molar-refractivity contribution in [2.45, 2.75) is 71.8 Å². The average molecular weight is 319 g/mol. The highest BCUT2D eigenvalue weighted by Gasteiger charge is 2.44. The SMILES string of the molecule is CCCN(C1(CN)CCCC(C)C1)S(=O)(=O)CCC(C)C. The van der Waals surface area contributed by atoms with Gasteiger partial charge in [-0.1, -0.05) is 40.5 Å². The third-order valence-corrected chi connectivity index (χ3v) is 6.69. The normalized spacial score (nSPS) is 27.5. The molecule has 0 aliphatic heterocycles. The molecule has 0 aromatic heterocycles. The smallest absolute Gasteiger partial charge is 0.214 e. The Hall–Kier alpha value is -0.130. The Kier molecular flexibility index (Phi) is 7.14.